The van der Waals surface area contributed by atoms with Gasteiger partial charge in [-0.3, -0.25) is 9.69 Å². The van der Waals surface area contributed by atoms with Crippen molar-refractivity contribution in [3.63, 3.8) is 0 Å². The van der Waals surface area contributed by atoms with Gasteiger partial charge in [-0.1, -0.05) is 0 Å². The van der Waals surface area contributed by atoms with Crippen molar-refractivity contribution in [2.75, 3.05) is 26.9 Å². The van der Waals surface area contributed by atoms with Crippen LogP contribution in [0.5, 0.6) is 0 Å². The summed E-state index contributed by atoms with van der Waals surface area (Å²) in [6.07, 6.45) is 0. The quantitative estimate of drug-likeness (QED) is 0.554. The first-order valence-electron chi connectivity index (χ1n) is 4.28. The molecule has 1 aliphatic carbocycles. The van der Waals surface area contributed by atoms with E-state index in [0.29, 0.717) is 18.5 Å². The Balaban J connectivity index is 1.87. The minimum atomic E-state index is -0.0401. The number of nitrogens with two attached hydrogens (primary N) is 1. The lowest BCUT2D eigenvalue weighted by Gasteiger charge is -2.15. The lowest BCUT2D eigenvalue weighted by atomic mass is 10.3. The Morgan fingerprint density at radius 2 is 2.17 bits per heavy atom. The Hall–Kier alpha value is -0.610. The van der Waals surface area contributed by atoms with Crippen molar-refractivity contribution in [3.05, 3.63) is 0 Å². The first-order chi connectivity index (χ1) is 5.77. The van der Waals surface area contributed by atoms with Crippen molar-refractivity contribution >= 4 is 5.97 Å². The van der Waals surface area contributed by atoms with Gasteiger partial charge in [-0.2, -0.15) is 0 Å². The molecule has 0 spiro atoms. The Kier molecular flexibility index (Phi) is 1.81. The van der Waals surface area contributed by atoms with Crippen molar-refractivity contribution in [2.24, 2.45) is 23.5 Å². The molecule has 0 radical (unpaired) electrons. The van der Waals surface area contributed by atoms with Gasteiger partial charge in [0.15, 0.2) is 0 Å². The standard InChI is InChI=1S/C8H14N2O2/c1-12-8(11)7-5-2-10(4-9)3-6(5)7/h5-7H,2-4,9H2,1H3. The Bertz CT molecular complexity index is 195. The summed E-state index contributed by atoms with van der Waals surface area (Å²) in [4.78, 5) is 13.3. The molecule has 2 atom stereocenters. The van der Waals surface area contributed by atoms with Crippen LogP contribution in [0.4, 0.5) is 0 Å². The fourth-order valence-electron chi connectivity index (χ4n) is 2.25. The number of carbonyl (C=O) groups is 1. The van der Waals surface area contributed by atoms with Gasteiger partial charge >= 0.3 is 5.97 Å². The Morgan fingerprint density at radius 3 is 2.58 bits per heavy atom. The highest BCUT2D eigenvalue weighted by molar-refractivity contribution is 5.76. The summed E-state index contributed by atoms with van der Waals surface area (Å²) >= 11 is 0. The van der Waals surface area contributed by atoms with Crippen LogP contribution in [0, 0.1) is 17.8 Å². The summed E-state index contributed by atoms with van der Waals surface area (Å²) in [6, 6.07) is 0. The van der Waals surface area contributed by atoms with E-state index < -0.39 is 0 Å². The van der Waals surface area contributed by atoms with Crippen LogP contribution in [-0.4, -0.2) is 37.7 Å². The van der Waals surface area contributed by atoms with Gasteiger partial charge in [0.1, 0.15) is 0 Å². The van der Waals surface area contributed by atoms with Gasteiger partial charge in [0.2, 0.25) is 0 Å². The SMILES string of the molecule is COC(=O)C1C2CN(CN)CC21. The molecule has 0 aromatic carbocycles. The highest BCUT2D eigenvalue weighted by Crippen LogP contribution is 2.51. The minimum Gasteiger partial charge on any atom is -0.469 e. The number of esters is 1. The molecule has 0 amide bonds. The van der Waals surface area contributed by atoms with Crippen LogP contribution in [0.2, 0.25) is 0 Å². The first-order valence-corrected chi connectivity index (χ1v) is 4.28. The topological polar surface area (TPSA) is 55.6 Å². The molecule has 0 aromatic rings. The zero-order valence-electron chi connectivity index (χ0n) is 7.19. The molecule has 12 heavy (non-hydrogen) atoms. The largest absolute Gasteiger partial charge is 0.469 e. The van der Waals surface area contributed by atoms with E-state index in [0.717, 1.165) is 13.1 Å². The van der Waals surface area contributed by atoms with E-state index in [1.54, 1.807) is 0 Å². The van der Waals surface area contributed by atoms with Crippen LogP contribution in [0.3, 0.4) is 0 Å². The molecule has 1 saturated heterocycles. The van der Waals surface area contributed by atoms with Gasteiger partial charge in [-0.05, 0) is 11.8 Å². The summed E-state index contributed by atoms with van der Waals surface area (Å²) in [5.74, 6) is 1.20. The van der Waals surface area contributed by atoms with Crippen LogP contribution in [0.15, 0.2) is 0 Å². The average Bonchev–Trinajstić information content (AvgIpc) is 2.59. The Morgan fingerprint density at radius 1 is 1.58 bits per heavy atom. The fourth-order valence-corrected chi connectivity index (χ4v) is 2.25. The van der Waals surface area contributed by atoms with Crippen molar-refractivity contribution in [3.8, 4) is 0 Å². The molecule has 2 fully saturated rings. The fraction of sp³-hybridized carbons (Fsp3) is 0.875. The van der Waals surface area contributed by atoms with Gasteiger partial charge in [-0.15, -0.1) is 0 Å². The van der Waals surface area contributed by atoms with E-state index in [1.807, 2.05) is 0 Å². The maximum atomic E-state index is 11.1. The number of rotatable bonds is 2. The summed E-state index contributed by atoms with van der Waals surface area (Å²) in [7, 11) is 1.46. The van der Waals surface area contributed by atoms with Crippen LogP contribution in [0.25, 0.3) is 0 Å². The molecule has 0 bridgehead atoms. The van der Waals surface area contributed by atoms with E-state index in [-0.39, 0.29) is 11.9 Å². The molecule has 2 N–H and O–H groups in total. The summed E-state index contributed by atoms with van der Waals surface area (Å²) < 4.78 is 4.69. The van der Waals surface area contributed by atoms with Crippen LogP contribution in [-0.2, 0) is 9.53 Å². The number of hydrogen-bond donors (Lipinski definition) is 1. The molecule has 68 valence electrons. The number of likely N-dealkylation sites (tertiary alicyclic amines) is 1. The van der Waals surface area contributed by atoms with Crippen LogP contribution < -0.4 is 5.73 Å². The smallest absolute Gasteiger partial charge is 0.309 e. The predicted molar refractivity (Wildman–Crippen MR) is 43.1 cm³/mol. The van der Waals surface area contributed by atoms with Crippen molar-refractivity contribution < 1.29 is 9.53 Å². The number of methoxy groups -OCH3 is 1. The molecule has 1 saturated carbocycles. The highest BCUT2D eigenvalue weighted by atomic mass is 16.5. The third kappa shape index (κ3) is 1.03. The first kappa shape index (κ1) is 8.01. The molecule has 2 rings (SSSR count). The molecular formula is C8H14N2O2. The zero-order chi connectivity index (χ0) is 8.72. The van der Waals surface area contributed by atoms with E-state index in [9.17, 15) is 4.79 Å². The maximum absolute atomic E-state index is 11.1. The number of piperidine rings is 1. The highest BCUT2D eigenvalue weighted by Gasteiger charge is 2.59. The second-order valence-electron chi connectivity index (χ2n) is 3.60. The van der Waals surface area contributed by atoms with Crippen LogP contribution >= 0.6 is 0 Å². The van der Waals surface area contributed by atoms with Crippen molar-refractivity contribution in [1.29, 1.82) is 0 Å². The summed E-state index contributed by atoms with van der Waals surface area (Å²) in [5.41, 5.74) is 5.48. The van der Waals surface area contributed by atoms with E-state index in [1.165, 1.54) is 7.11 Å². The lowest BCUT2D eigenvalue weighted by Crippen LogP contribution is -2.31. The summed E-state index contributed by atoms with van der Waals surface area (Å²) in [5, 5.41) is 0. The monoisotopic (exact) mass is 170 g/mol. The van der Waals surface area contributed by atoms with Gasteiger partial charge in [-0.25, -0.2) is 0 Å². The average molecular weight is 170 g/mol. The van der Waals surface area contributed by atoms with Crippen molar-refractivity contribution in [2.45, 2.75) is 0 Å². The molecule has 4 nitrogen and oxygen atoms in total. The second-order valence-corrected chi connectivity index (χ2v) is 3.60. The van der Waals surface area contributed by atoms with Gasteiger partial charge in [0, 0.05) is 19.8 Å². The third-order valence-electron chi connectivity index (χ3n) is 3.00. The molecule has 4 heteroatoms. The van der Waals surface area contributed by atoms with E-state index in [2.05, 4.69) is 4.90 Å². The predicted octanol–water partition coefficient (Wildman–Crippen LogP) is -0.747. The van der Waals surface area contributed by atoms with E-state index in [4.69, 9.17) is 10.5 Å². The molecule has 2 unspecified atom stereocenters. The normalized spacial score (nSPS) is 39.3. The van der Waals surface area contributed by atoms with Gasteiger partial charge < -0.3 is 10.5 Å². The number of fused-ring (bicyclic) bond motifs is 1. The van der Waals surface area contributed by atoms with Gasteiger partial charge in [0.05, 0.1) is 13.0 Å². The lowest BCUT2D eigenvalue weighted by molar-refractivity contribution is -0.143. The minimum absolute atomic E-state index is 0.0401. The number of nitrogens with zero attached hydrogens (tertiary/aromatic N) is 1. The molecular weight excluding hydrogens is 156 g/mol. The van der Waals surface area contributed by atoms with Crippen LogP contribution in [0.1, 0.15) is 0 Å². The summed E-state index contributed by atoms with van der Waals surface area (Å²) in [6.45, 7) is 2.56. The van der Waals surface area contributed by atoms with Crippen molar-refractivity contribution in [1.82, 2.24) is 4.90 Å². The van der Waals surface area contributed by atoms with E-state index >= 15 is 0 Å². The second kappa shape index (κ2) is 2.71. The molecule has 2 aliphatic rings. The third-order valence-corrected chi connectivity index (χ3v) is 3.00. The zero-order valence-corrected chi connectivity index (χ0v) is 7.19. The molecule has 1 aliphatic heterocycles. The number of carbonyl (C=O) groups excluding carboxylic acids is 1. The number of hydrogen-bond acceptors (Lipinski definition) is 4. The number of ether oxygens (including phenoxy) is 1. The maximum Gasteiger partial charge on any atom is 0.309 e. The molecule has 0 aromatic heterocycles. The molecule has 1 heterocycles. The van der Waals surface area contributed by atoms with Gasteiger partial charge in [0.25, 0.3) is 0 Å². The Labute approximate surface area is 71.7 Å².